The molecule has 0 saturated heterocycles. The molecule has 0 spiro atoms. The lowest BCUT2D eigenvalue weighted by atomic mass is 9.91. The molecule has 0 amide bonds. The highest BCUT2D eigenvalue weighted by Gasteiger charge is 2.25. The van der Waals surface area contributed by atoms with Gasteiger partial charge < -0.3 is 5.11 Å². The summed E-state index contributed by atoms with van der Waals surface area (Å²) >= 11 is 0. The van der Waals surface area contributed by atoms with Crippen LogP contribution in [0.3, 0.4) is 0 Å². The van der Waals surface area contributed by atoms with Crippen molar-refractivity contribution in [2.75, 3.05) is 0 Å². The summed E-state index contributed by atoms with van der Waals surface area (Å²) < 4.78 is 70.9. The first kappa shape index (κ1) is 29.3. The molecule has 0 saturated carbocycles. The summed E-state index contributed by atoms with van der Waals surface area (Å²) in [7, 11) is 0. The number of carboxylic acids is 1. The second-order valence-corrected chi connectivity index (χ2v) is 9.68. The molecule has 0 aliphatic heterocycles. The van der Waals surface area contributed by atoms with Gasteiger partial charge in [0.2, 0.25) is 0 Å². The lowest BCUT2D eigenvalue weighted by molar-refractivity contribution is 0.0686. The fraction of sp³-hybridized carbons (Fsp3) is 0.387. The van der Waals surface area contributed by atoms with Crippen LogP contribution in [0, 0.1) is 29.1 Å². The zero-order valence-electron chi connectivity index (χ0n) is 21.6. The van der Waals surface area contributed by atoms with Crippen LogP contribution in [0.5, 0.6) is 0 Å². The van der Waals surface area contributed by atoms with Gasteiger partial charge in [-0.05, 0) is 66.1 Å². The van der Waals surface area contributed by atoms with Gasteiger partial charge in [0.1, 0.15) is 17.2 Å². The average molecular weight is 533 g/mol. The number of benzene rings is 3. The van der Waals surface area contributed by atoms with Crippen LogP contribution in [0.2, 0.25) is 0 Å². The van der Waals surface area contributed by atoms with Crippen molar-refractivity contribution >= 4 is 5.97 Å². The van der Waals surface area contributed by atoms with Crippen molar-refractivity contribution in [3.05, 3.63) is 93.8 Å². The van der Waals surface area contributed by atoms with Crippen molar-refractivity contribution in [1.29, 1.82) is 0 Å². The molecule has 0 bridgehead atoms. The van der Waals surface area contributed by atoms with Crippen LogP contribution < -0.4 is 0 Å². The fourth-order valence-corrected chi connectivity index (χ4v) is 4.69. The Bertz CT molecular complexity index is 1220. The van der Waals surface area contributed by atoms with Gasteiger partial charge in [0, 0.05) is 5.56 Å². The summed E-state index contributed by atoms with van der Waals surface area (Å²) in [5, 5.41) is 9.24. The summed E-state index contributed by atoms with van der Waals surface area (Å²) in [6.07, 6.45) is 11.3. The Balaban J connectivity index is 1.70. The SMILES string of the molecule is CCCCCCCCCCc1ccc(CCc2cc(F)c(C(=O)O)c(F)c2-c2cc(F)c(F)c(F)c2)cc1. The van der Waals surface area contributed by atoms with Crippen LogP contribution in [0.15, 0.2) is 42.5 Å². The highest BCUT2D eigenvalue weighted by molar-refractivity contribution is 5.91. The molecule has 1 N–H and O–H groups in total. The smallest absolute Gasteiger partial charge is 0.341 e. The normalized spacial score (nSPS) is 11.2. The van der Waals surface area contributed by atoms with Gasteiger partial charge in [-0.15, -0.1) is 0 Å². The van der Waals surface area contributed by atoms with E-state index in [2.05, 4.69) is 6.92 Å². The molecule has 0 unspecified atom stereocenters. The van der Waals surface area contributed by atoms with Crippen LogP contribution in [-0.2, 0) is 19.3 Å². The van der Waals surface area contributed by atoms with Gasteiger partial charge in [0.25, 0.3) is 0 Å². The van der Waals surface area contributed by atoms with Gasteiger partial charge in [-0.2, -0.15) is 0 Å². The van der Waals surface area contributed by atoms with E-state index in [4.69, 9.17) is 0 Å². The molecule has 3 rings (SSSR count). The van der Waals surface area contributed by atoms with Crippen molar-refractivity contribution in [1.82, 2.24) is 0 Å². The highest BCUT2D eigenvalue weighted by atomic mass is 19.2. The molecule has 0 aromatic heterocycles. The van der Waals surface area contributed by atoms with Crippen molar-refractivity contribution < 1.29 is 31.9 Å². The number of aromatic carboxylic acids is 1. The Hall–Kier alpha value is -3.22. The Kier molecular flexibility index (Phi) is 10.9. The minimum atomic E-state index is -1.86. The average Bonchev–Trinajstić information content (AvgIpc) is 2.87. The largest absolute Gasteiger partial charge is 0.477 e. The highest BCUT2D eigenvalue weighted by Crippen LogP contribution is 2.33. The topological polar surface area (TPSA) is 37.3 Å². The van der Waals surface area contributed by atoms with E-state index in [-0.39, 0.29) is 12.0 Å². The summed E-state index contributed by atoms with van der Waals surface area (Å²) in [4.78, 5) is 11.4. The van der Waals surface area contributed by atoms with Crippen molar-refractivity contribution in [2.45, 2.75) is 77.6 Å². The van der Waals surface area contributed by atoms with Gasteiger partial charge in [-0.25, -0.2) is 26.7 Å². The van der Waals surface area contributed by atoms with E-state index in [9.17, 15) is 27.5 Å². The molecule has 0 heterocycles. The van der Waals surface area contributed by atoms with E-state index in [1.807, 2.05) is 24.3 Å². The zero-order valence-corrected chi connectivity index (χ0v) is 21.6. The molecule has 0 aliphatic rings. The predicted octanol–water partition coefficient (Wildman–Crippen LogP) is 9.22. The standard InChI is InChI=1S/C31H33F5O2/c1-2-3-4-5-6-7-8-9-10-20-11-13-21(14-12-20)15-16-22-17-24(32)28(31(37)38)30(36)27(22)23-18-25(33)29(35)26(34)19-23/h11-14,17-19H,2-10,15-16H2,1H3,(H,37,38). The maximum absolute atomic E-state index is 15.2. The Morgan fingerprint density at radius 1 is 0.658 bits per heavy atom. The van der Waals surface area contributed by atoms with Gasteiger partial charge in [0.15, 0.2) is 17.5 Å². The minimum absolute atomic E-state index is 0.0263. The molecule has 3 aromatic carbocycles. The third-order valence-corrected chi connectivity index (χ3v) is 6.81. The molecule has 2 nitrogen and oxygen atoms in total. The number of rotatable bonds is 14. The molecule has 204 valence electrons. The maximum Gasteiger partial charge on any atom is 0.341 e. The number of aryl methyl sites for hydroxylation is 3. The first-order chi connectivity index (χ1) is 18.2. The maximum atomic E-state index is 15.2. The van der Waals surface area contributed by atoms with E-state index < -0.39 is 51.7 Å². The summed E-state index contributed by atoms with van der Waals surface area (Å²) in [6, 6.07) is 9.88. The molecule has 3 aromatic rings. The van der Waals surface area contributed by atoms with E-state index in [0.717, 1.165) is 24.5 Å². The number of hydrogen-bond acceptors (Lipinski definition) is 1. The van der Waals surface area contributed by atoms with E-state index in [1.54, 1.807) is 0 Å². The quantitative estimate of drug-likeness (QED) is 0.128. The minimum Gasteiger partial charge on any atom is -0.477 e. The van der Waals surface area contributed by atoms with Crippen LogP contribution in [0.4, 0.5) is 22.0 Å². The Morgan fingerprint density at radius 2 is 1.18 bits per heavy atom. The van der Waals surface area contributed by atoms with Crippen LogP contribution in [-0.4, -0.2) is 11.1 Å². The molecular formula is C31H33F5O2. The van der Waals surface area contributed by atoms with E-state index >= 15 is 4.39 Å². The second kappa shape index (κ2) is 14.1. The third kappa shape index (κ3) is 7.65. The molecule has 38 heavy (non-hydrogen) atoms. The van der Waals surface area contributed by atoms with Crippen LogP contribution in [0.25, 0.3) is 11.1 Å². The molecule has 0 radical (unpaired) electrons. The molecule has 0 atom stereocenters. The van der Waals surface area contributed by atoms with Gasteiger partial charge in [-0.3, -0.25) is 0 Å². The third-order valence-electron chi connectivity index (χ3n) is 6.81. The molecule has 0 aliphatic carbocycles. The second-order valence-electron chi connectivity index (χ2n) is 9.68. The predicted molar refractivity (Wildman–Crippen MR) is 139 cm³/mol. The van der Waals surface area contributed by atoms with Crippen molar-refractivity contribution in [3.63, 3.8) is 0 Å². The number of carboxylic acid groups (broad SMARTS) is 1. The zero-order chi connectivity index (χ0) is 27.7. The lowest BCUT2D eigenvalue weighted by Crippen LogP contribution is -2.10. The van der Waals surface area contributed by atoms with Crippen molar-refractivity contribution in [3.8, 4) is 11.1 Å². The van der Waals surface area contributed by atoms with E-state index in [0.29, 0.717) is 18.6 Å². The van der Waals surface area contributed by atoms with Gasteiger partial charge >= 0.3 is 5.97 Å². The Morgan fingerprint density at radius 3 is 1.74 bits per heavy atom. The lowest BCUT2D eigenvalue weighted by Gasteiger charge is -2.15. The van der Waals surface area contributed by atoms with E-state index in [1.165, 1.54) is 50.5 Å². The summed E-state index contributed by atoms with van der Waals surface area (Å²) in [5.74, 6) is -9.46. The van der Waals surface area contributed by atoms with Gasteiger partial charge in [-0.1, -0.05) is 76.1 Å². The number of carbonyl (C=O) groups is 1. The summed E-state index contributed by atoms with van der Waals surface area (Å²) in [6.45, 7) is 2.21. The number of hydrogen-bond donors (Lipinski definition) is 1. The van der Waals surface area contributed by atoms with Crippen LogP contribution >= 0.6 is 0 Å². The number of halogens is 5. The molecular weight excluding hydrogens is 499 g/mol. The number of unbranched alkanes of at least 4 members (excludes halogenated alkanes) is 7. The first-order valence-corrected chi connectivity index (χ1v) is 13.2. The van der Waals surface area contributed by atoms with Crippen LogP contribution in [0.1, 0.15) is 85.3 Å². The fourth-order valence-electron chi connectivity index (χ4n) is 4.69. The van der Waals surface area contributed by atoms with Crippen molar-refractivity contribution in [2.24, 2.45) is 0 Å². The molecule has 7 heteroatoms. The van der Waals surface area contributed by atoms with Gasteiger partial charge in [0.05, 0.1) is 0 Å². The first-order valence-electron chi connectivity index (χ1n) is 13.2. The molecule has 0 fully saturated rings. The Labute approximate surface area is 220 Å². The summed E-state index contributed by atoms with van der Waals surface area (Å²) in [5.41, 5.74) is -0.00143. The monoisotopic (exact) mass is 532 g/mol.